The van der Waals surface area contributed by atoms with E-state index in [9.17, 15) is 5.48 Å². The van der Waals surface area contributed by atoms with E-state index in [2.05, 4.69) is 0 Å². The zero-order valence-corrected chi connectivity index (χ0v) is 26.5. The van der Waals surface area contributed by atoms with Gasteiger partial charge in [-0.2, -0.15) is 0 Å². The maximum Gasteiger partial charge on any atom is 0.0645 e. The van der Waals surface area contributed by atoms with E-state index in [0.29, 0.717) is 11.4 Å². The number of fused-ring (bicyclic) bond motifs is 6. The van der Waals surface area contributed by atoms with Crippen LogP contribution in [0.1, 0.15) is 15.1 Å². The van der Waals surface area contributed by atoms with Crippen LogP contribution < -0.4 is 0 Å². The first kappa shape index (κ1) is 19.4. The van der Waals surface area contributed by atoms with Crippen molar-refractivity contribution in [1.29, 1.82) is 0 Å². The smallest absolute Gasteiger partial charge is 0.0645 e. The van der Waals surface area contributed by atoms with E-state index in [4.69, 9.17) is 9.60 Å². The Morgan fingerprint density at radius 3 is 1.72 bits per heavy atom. The third kappa shape index (κ3) is 4.50. The predicted molar refractivity (Wildman–Crippen MR) is 211 cm³/mol. The molecule has 0 saturated heterocycles. The monoisotopic (exact) mass is 647 g/mol. The molecule has 10 aromatic rings. The van der Waals surface area contributed by atoms with Crippen molar-refractivity contribution in [1.82, 2.24) is 9.13 Å². The number of rotatable bonds is 5. The molecule has 0 spiro atoms. The summed E-state index contributed by atoms with van der Waals surface area (Å²) in [5.74, 6) is 0. The molecule has 0 radical (unpaired) electrons. The lowest BCUT2D eigenvalue weighted by molar-refractivity contribution is 1.18. The van der Waals surface area contributed by atoms with Gasteiger partial charge < -0.3 is 9.13 Å². The lowest BCUT2D eigenvalue weighted by atomic mass is 10.0. The summed E-state index contributed by atoms with van der Waals surface area (Å²) in [5, 5.41) is 0.544. The Bertz CT molecular complexity index is 3480. The van der Waals surface area contributed by atoms with Gasteiger partial charge in [-0.3, -0.25) is 0 Å². The largest absolute Gasteiger partial charge is 0.309 e. The molecule has 0 fully saturated rings. The minimum atomic E-state index is -0.263. The summed E-state index contributed by atoms with van der Waals surface area (Å²) in [5.41, 5.74) is 5.10. The molecule has 0 bridgehead atoms. The highest BCUT2D eigenvalue weighted by atomic mass is 15.0. The van der Waals surface area contributed by atoms with Gasteiger partial charge in [-0.25, -0.2) is 0 Å². The zero-order chi connectivity index (χ0) is 42.6. The third-order valence-electron chi connectivity index (χ3n) is 9.18. The van der Waals surface area contributed by atoms with Crippen molar-refractivity contribution in [3.05, 3.63) is 194 Å². The van der Waals surface area contributed by atoms with Crippen LogP contribution in [-0.4, -0.2) is 9.13 Å². The molecular formula is C48H32N2. The Morgan fingerprint density at radius 2 is 0.940 bits per heavy atom. The number of benzene rings is 8. The van der Waals surface area contributed by atoms with Crippen LogP contribution in [0.2, 0.25) is 0 Å². The van der Waals surface area contributed by atoms with Gasteiger partial charge in [-0.15, -0.1) is 0 Å². The van der Waals surface area contributed by atoms with Gasteiger partial charge in [0.05, 0.1) is 42.8 Å². The highest BCUT2D eigenvalue weighted by Crippen LogP contribution is 2.40. The molecule has 0 N–H and O–H groups in total. The highest BCUT2D eigenvalue weighted by molar-refractivity contribution is 6.13. The molecular weight excluding hydrogens is 605 g/mol. The molecule has 0 aliphatic heterocycles. The third-order valence-corrected chi connectivity index (χ3v) is 9.18. The molecule has 234 valence electrons. The fourth-order valence-corrected chi connectivity index (χ4v) is 6.92. The summed E-state index contributed by atoms with van der Waals surface area (Å²) in [6, 6.07) is 35.6. The van der Waals surface area contributed by atoms with Crippen molar-refractivity contribution in [3.63, 3.8) is 0 Å². The number of hydrogen-bond donors (Lipinski definition) is 0. The lowest BCUT2D eigenvalue weighted by Crippen LogP contribution is -1.97. The number of para-hydroxylation sites is 3. The molecule has 0 aliphatic carbocycles. The molecule has 0 amide bonds. The van der Waals surface area contributed by atoms with E-state index in [0.717, 1.165) is 22.3 Å². The summed E-state index contributed by atoms with van der Waals surface area (Å²) in [6.07, 6.45) is 0. The van der Waals surface area contributed by atoms with Gasteiger partial charge in [-0.05, 0) is 82.2 Å². The minimum absolute atomic E-state index is 0.0770. The van der Waals surface area contributed by atoms with E-state index in [1.807, 2.05) is 91.0 Å². The second-order valence-electron chi connectivity index (χ2n) is 12.0. The Labute approximate surface area is 306 Å². The van der Waals surface area contributed by atoms with Gasteiger partial charge in [0.25, 0.3) is 0 Å². The van der Waals surface area contributed by atoms with Crippen molar-refractivity contribution < 1.29 is 15.1 Å². The fourth-order valence-electron chi connectivity index (χ4n) is 6.92. The minimum Gasteiger partial charge on any atom is -0.309 e. The van der Waals surface area contributed by atoms with Crippen molar-refractivity contribution in [2.24, 2.45) is 0 Å². The molecule has 50 heavy (non-hydrogen) atoms. The Kier molecular flexibility index (Phi) is 4.46. The van der Waals surface area contributed by atoms with Gasteiger partial charge in [0.1, 0.15) is 0 Å². The van der Waals surface area contributed by atoms with Gasteiger partial charge in [0.2, 0.25) is 0 Å². The fraction of sp³-hybridized carbons (Fsp3) is 0. The molecule has 2 heteroatoms. The summed E-state index contributed by atoms with van der Waals surface area (Å²) in [6.45, 7) is 0. The van der Waals surface area contributed by atoms with Crippen LogP contribution in [-0.2, 0) is 0 Å². The summed E-state index contributed by atoms with van der Waals surface area (Å²) >= 11 is 0. The Balaban J connectivity index is 1.31. The van der Waals surface area contributed by atoms with Crippen molar-refractivity contribution in [2.45, 2.75) is 0 Å². The number of aromatic nitrogens is 2. The van der Waals surface area contributed by atoms with Gasteiger partial charge >= 0.3 is 0 Å². The van der Waals surface area contributed by atoms with Gasteiger partial charge in [-0.1, -0.05) is 139 Å². The van der Waals surface area contributed by atoms with E-state index in [1.165, 1.54) is 24.3 Å². The van der Waals surface area contributed by atoms with Gasteiger partial charge in [0, 0.05) is 32.8 Å². The molecule has 0 unspecified atom stereocenters. The van der Waals surface area contributed by atoms with Crippen LogP contribution in [0.3, 0.4) is 0 Å². The standard InChI is InChI=1S/C48H32N2/c1-3-14-33(15-4-1)35-18-13-19-38(30-35)49-45-24-11-8-21-40(45)42-31-36(26-28-47(42)49)37-27-29-48-43(32-37)41-22-9-12-25-46(41)50(48)44-23-10-7-20-39(44)34-16-5-2-6-17-34/h1-32H/i8D,12D,19D,21D,22D,24D,25D,28D,29D,31D,32D. The molecule has 2 nitrogen and oxygen atoms in total. The molecule has 8 aromatic carbocycles. The van der Waals surface area contributed by atoms with Crippen LogP contribution >= 0.6 is 0 Å². The first-order valence-corrected chi connectivity index (χ1v) is 16.3. The second-order valence-corrected chi connectivity index (χ2v) is 12.0. The highest BCUT2D eigenvalue weighted by Gasteiger charge is 2.18. The van der Waals surface area contributed by atoms with Crippen LogP contribution in [0.4, 0.5) is 0 Å². The summed E-state index contributed by atoms with van der Waals surface area (Å²) in [4.78, 5) is 0. The lowest BCUT2D eigenvalue weighted by Gasteiger charge is -2.14. The Morgan fingerprint density at radius 1 is 0.360 bits per heavy atom. The van der Waals surface area contributed by atoms with E-state index >= 15 is 0 Å². The summed E-state index contributed by atoms with van der Waals surface area (Å²) < 4.78 is 105. The van der Waals surface area contributed by atoms with Crippen LogP contribution in [0.25, 0.3) is 88.4 Å². The second kappa shape index (κ2) is 11.5. The van der Waals surface area contributed by atoms with Gasteiger partial charge in [0.15, 0.2) is 0 Å². The molecule has 2 heterocycles. The van der Waals surface area contributed by atoms with Crippen molar-refractivity contribution in [2.75, 3.05) is 0 Å². The van der Waals surface area contributed by atoms with Crippen LogP contribution in [0.15, 0.2) is 194 Å². The summed E-state index contributed by atoms with van der Waals surface area (Å²) in [7, 11) is 0. The molecule has 10 rings (SSSR count). The molecule has 2 aromatic heterocycles. The number of nitrogens with zero attached hydrogens (tertiary/aromatic N) is 2. The average molecular weight is 648 g/mol. The molecule has 0 aliphatic rings. The van der Waals surface area contributed by atoms with E-state index < -0.39 is 0 Å². The maximum absolute atomic E-state index is 9.83. The van der Waals surface area contributed by atoms with Crippen molar-refractivity contribution in [3.8, 4) is 44.8 Å². The topological polar surface area (TPSA) is 9.86 Å². The molecule has 0 atom stereocenters. The molecule has 0 saturated carbocycles. The van der Waals surface area contributed by atoms with Crippen LogP contribution in [0.5, 0.6) is 0 Å². The van der Waals surface area contributed by atoms with Crippen molar-refractivity contribution >= 4 is 43.6 Å². The normalized spacial score (nSPS) is 14.7. The average Bonchev–Trinajstić information content (AvgIpc) is 3.83. The maximum atomic E-state index is 9.83. The first-order valence-electron chi connectivity index (χ1n) is 21.8. The van der Waals surface area contributed by atoms with E-state index in [-0.39, 0.29) is 121 Å². The predicted octanol–water partition coefficient (Wildman–Crippen LogP) is 12.9. The van der Waals surface area contributed by atoms with Crippen LogP contribution in [0, 0.1) is 0 Å². The SMILES string of the molecule is [2H]c1ccc(-c2ccccc2)cc1-n1c2c([2H])cc([2H])c([2H])c2c2c([2H])c(-c3cc([2H])c4c(c3[2H])c3c([2H])cc([2H])c([2H])c3n4-c3ccccc3-c3ccccc3)cc([2H])c21. The quantitative estimate of drug-likeness (QED) is 0.176. The zero-order valence-electron chi connectivity index (χ0n) is 37.5. The van der Waals surface area contributed by atoms with E-state index in [1.54, 1.807) is 21.3 Å². The number of hydrogen-bond acceptors (Lipinski definition) is 0. The first-order chi connectivity index (χ1) is 29.4. The Hall–Kier alpha value is -6.64.